The molecule has 0 spiro atoms. The molecule has 0 amide bonds. The van der Waals surface area contributed by atoms with Gasteiger partial charge in [0.05, 0.1) is 5.69 Å². The van der Waals surface area contributed by atoms with Gasteiger partial charge in [-0.25, -0.2) is 0 Å². The van der Waals surface area contributed by atoms with E-state index in [1.165, 1.54) is 30.7 Å². The lowest BCUT2D eigenvalue weighted by Gasteiger charge is -2.26. The lowest BCUT2D eigenvalue weighted by molar-refractivity contribution is 0.294. The molecule has 18 heavy (non-hydrogen) atoms. The molecular formula is C14H26N4. The summed E-state index contributed by atoms with van der Waals surface area (Å²) in [4.78, 5) is 0. The highest BCUT2D eigenvalue weighted by atomic mass is 15.3. The first kappa shape index (κ1) is 13.6. The first-order chi connectivity index (χ1) is 8.65. The zero-order valence-corrected chi connectivity index (χ0v) is 11.8. The number of hydrogen-bond acceptors (Lipinski definition) is 3. The third kappa shape index (κ3) is 2.75. The minimum Gasteiger partial charge on any atom is -0.272 e. The molecule has 0 bridgehead atoms. The Kier molecular flexibility index (Phi) is 4.40. The smallest absolute Gasteiger partial charge is 0.0624 e. The number of rotatable bonds is 5. The predicted molar refractivity (Wildman–Crippen MR) is 73.9 cm³/mol. The Labute approximate surface area is 110 Å². The molecule has 1 fully saturated rings. The highest BCUT2D eigenvalue weighted by molar-refractivity contribution is 5.12. The molecule has 3 atom stereocenters. The molecular weight excluding hydrogens is 224 g/mol. The third-order valence-electron chi connectivity index (χ3n) is 4.48. The van der Waals surface area contributed by atoms with E-state index in [0.717, 1.165) is 18.8 Å². The van der Waals surface area contributed by atoms with Gasteiger partial charge in [-0.3, -0.25) is 16.0 Å². The van der Waals surface area contributed by atoms with E-state index < -0.39 is 0 Å². The first-order valence-corrected chi connectivity index (χ1v) is 7.13. The maximum atomic E-state index is 5.77. The first-order valence-electron chi connectivity index (χ1n) is 7.13. The zero-order valence-electron chi connectivity index (χ0n) is 11.8. The van der Waals surface area contributed by atoms with Crippen LogP contribution < -0.4 is 11.3 Å². The molecule has 4 heteroatoms. The van der Waals surface area contributed by atoms with E-state index in [4.69, 9.17) is 5.84 Å². The molecule has 4 nitrogen and oxygen atoms in total. The van der Waals surface area contributed by atoms with Gasteiger partial charge in [-0.15, -0.1) is 0 Å². The summed E-state index contributed by atoms with van der Waals surface area (Å²) in [5.41, 5.74) is 5.49. The van der Waals surface area contributed by atoms with E-state index in [0.29, 0.717) is 12.0 Å². The van der Waals surface area contributed by atoms with Crippen LogP contribution in [0.1, 0.15) is 44.5 Å². The Hall–Kier alpha value is -0.870. The van der Waals surface area contributed by atoms with Crippen LogP contribution in [0.5, 0.6) is 0 Å². The van der Waals surface area contributed by atoms with Gasteiger partial charge in [0, 0.05) is 25.2 Å². The van der Waals surface area contributed by atoms with Gasteiger partial charge < -0.3 is 0 Å². The number of aryl methyl sites for hydroxylation is 2. The van der Waals surface area contributed by atoms with Crippen molar-refractivity contribution in [2.45, 2.75) is 52.0 Å². The van der Waals surface area contributed by atoms with Crippen LogP contribution in [0.15, 0.2) is 6.07 Å². The average molecular weight is 250 g/mol. The highest BCUT2D eigenvalue weighted by Crippen LogP contribution is 2.34. The van der Waals surface area contributed by atoms with Crippen molar-refractivity contribution in [2.75, 3.05) is 0 Å². The third-order valence-corrected chi connectivity index (χ3v) is 4.48. The Balaban J connectivity index is 2.07. The van der Waals surface area contributed by atoms with Crippen LogP contribution in [0.3, 0.4) is 0 Å². The second kappa shape index (κ2) is 5.85. The molecule has 102 valence electrons. The topological polar surface area (TPSA) is 55.9 Å². The fraction of sp³-hybridized carbons (Fsp3) is 0.786. The van der Waals surface area contributed by atoms with Crippen LogP contribution in [0.25, 0.3) is 0 Å². The number of aromatic nitrogens is 2. The second-order valence-electron chi connectivity index (χ2n) is 5.65. The molecule has 1 saturated carbocycles. The van der Waals surface area contributed by atoms with Gasteiger partial charge in [0.25, 0.3) is 0 Å². The molecule has 1 aliphatic rings. The van der Waals surface area contributed by atoms with Gasteiger partial charge in [0.15, 0.2) is 0 Å². The van der Waals surface area contributed by atoms with Gasteiger partial charge in [-0.2, -0.15) is 5.10 Å². The van der Waals surface area contributed by atoms with Gasteiger partial charge in [0.2, 0.25) is 0 Å². The zero-order chi connectivity index (χ0) is 13.1. The normalized spacial score (nSPS) is 25.6. The van der Waals surface area contributed by atoms with Crippen molar-refractivity contribution in [1.82, 2.24) is 15.2 Å². The molecule has 3 unspecified atom stereocenters. The van der Waals surface area contributed by atoms with Crippen LogP contribution >= 0.6 is 0 Å². The summed E-state index contributed by atoms with van der Waals surface area (Å²) < 4.78 is 2.00. The Morgan fingerprint density at radius 3 is 2.83 bits per heavy atom. The summed E-state index contributed by atoms with van der Waals surface area (Å²) in [6.45, 7) is 4.49. The van der Waals surface area contributed by atoms with E-state index in [1.807, 2.05) is 11.7 Å². The minimum atomic E-state index is 0.377. The summed E-state index contributed by atoms with van der Waals surface area (Å²) in [5.74, 6) is 7.26. The molecule has 1 aromatic heterocycles. The number of nitrogens with zero attached hydrogens (tertiary/aromatic N) is 2. The summed E-state index contributed by atoms with van der Waals surface area (Å²) in [5, 5.41) is 4.51. The van der Waals surface area contributed by atoms with Gasteiger partial charge >= 0.3 is 0 Å². The van der Waals surface area contributed by atoms with E-state index in [2.05, 4.69) is 30.4 Å². The van der Waals surface area contributed by atoms with Crippen molar-refractivity contribution in [3.05, 3.63) is 17.5 Å². The van der Waals surface area contributed by atoms with Crippen molar-refractivity contribution in [2.24, 2.45) is 24.7 Å². The van der Waals surface area contributed by atoms with E-state index in [1.54, 1.807) is 0 Å². The molecule has 0 aliphatic heterocycles. The number of nitrogens with one attached hydrogen (secondary N) is 1. The number of nitrogens with two attached hydrogens (primary N) is 1. The van der Waals surface area contributed by atoms with Gasteiger partial charge in [-0.05, 0) is 30.7 Å². The molecule has 0 aromatic carbocycles. The van der Waals surface area contributed by atoms with Gasteiger partial charge in [0.1, 0.15) is 0 Å². The summed E-state index contributed by atoms with van der Waals surface area (Å²) in [6.07, 6.45) is 5.96. The molecule has 0 saturated heterocycles. The van der Waals surface area contributed by atoms with Gasteiger partial charge in [-0.1, -0.05) is 26.7 Å². The molecule has 1 aromatic rings. The van der Waals surface area contributed by atoms with Crippen molar-refractivity contribution in [1.29, 1.82) is 0 Å². The Morgan fingerprint density at radius 1 is 1.56 bits per heavy atom. The van der Waals surface area contributed by atoms with Crippen LogP contribution in [-0.2, 0) is 19.9 Å². The SMILES string of the molecule is CCc1cc(CC(NN)C2CCCC2C)n(C)n1. The van der Waals surface area contributed by atoms with E-state index >= 15 is 0 Å². The van der Waals surface area contributed by atoms with Crippen molar-refractivity contribution < 1.29 is 0 Å². The molecule has 2 rings (SSSR count). The number of hydrazine groups is 1. The van der Waals surface area contributed by atoms with E-state index in [-0.39, 0.29) is 0 Å². The lowest BCUT2D eigenvalue weighted by Crippen LogP contribution is -2.43. The standard InChI is InChI=1S/C14H26N4/c1-4-11-8-12(18(3)17-11)9-14(16-15)13-7-5-6-10(13)2/h8,10,13-14,16H,4-7,9,15H2,1-3H3. The fourth-order valence-corrected chi connectivity index (χ4v) is 3.27. The summed E-state index contributed by atoms with van der Waals surface area (Å²) in [6, 6.07) is 2.59. The van der Waals surface area contributed by atoms with Crippen LogP contribution in [0.2, 0.25) is 0 Å². The molecule has 3 N–H and O–H groups in total. The molecule has 0 radical (unpaired) electrons. The second-order valence-corrected chi connectivity index (χ2v) is 5.65. The van der Waals surface area contributed by atoms with Crippen LogP contribution in [0, 0.1) is 11.8 Å². The lowest BCUT2D eigenvalue weighted by atomic mass is 9.88. The average Bonchev–Trinajstić information content (AvgIpc) is 2.93. The Bertz CT molecular complexity index is 385. The van der Waals surface area contributed by atoms with Crippen molar-refractivity contribution >= 4 is 0 Å². The number of hydrogen-bond donors (Lipinski definition) is 2. The monoisotopic (exact) mass is 250 g/mol. The van der Waals surface area contributed by atoms with Crippen molar-refractivity contribution in [3.8, 4) is 0 Å². The predicted octanol–water partition coefficient (Wildman–Crippen LogP) is 1.79. The van der Waals surface area contributed by atoms with Crippen LogP contribution in [0.4, 0.5) is 0 Å². The van der Waals surface area contributed by atoms with Crippen LogP contribution in [-0.4, -0.2) is 15.8 Å². The fourth-order valence-electron chi connectivity index (χ4n) is 3.27. The van der Waals surface area contributed by atoms with E-state index in [9.17, 15) is 0 Å². The highest BCUT2D eigenvalue weighted by Gasteiger charge is 2.30. The summed E-state index contributed by atoms with van der Waals surface area (Å²) >= 11 is 0. The summed E-state index contributed by atoms with van der Waals surface area (Å²) in [7, 11) is 2.03. The maximum Gasteiger partial charge on any atom is 0.0624 e. The molecule has 1 aliphatic carbocycles. The molecule has 1 heterocycles. The van der Waals surface area contributed by atoms with Crippen molar-refractivity contribution in [3.63, 3.8) is 0 Å². The quantitative estimate of drug-likeness (QED) is 0.619. The largest absolute Gasteiger partial charge is 0.272 e. The Morgan fingerprint density at radius 2 is 2.33 bits per heavy atom. The maximum absolute atomic E-state index is 5.77. The minimum absolute atomic E-state index is 0.377.